The number of ether oxygens (including phenoxy) is 1. The number of anilines is 1. The minimum absolute atomic E-state index is 0.279. The van der Waals surface area contributed by atoms with E-state index >= 15 is 0 Å². The monoisotopic (exact) mass is 248 g/mol. The van der Waals surface area contributed by atoms with Gasteiger partial charge in [0.15, 0.2) is 6.19 Å². The lowest BCUT2D eigenvalue weighted by molar-refractivity contribution is 0.332. The van der Waals surface area contributed by atoms with Crippen LogP contribution in [0, 0.1) is 17.4 Å². The largest absolute Gasteiger partial charge is 0.497 e. The molecule has 1 aromatic carbocycles. The van der Waals surface area contributed by atoms with Gasteiger partial charge in [0, 0.05) is 6.54 Å². The summed E-state index contributed by atoms with van der Waals surface area (Å²) in [5.41, 5.74) is 0.834. The number of benzene rings is 1. The minimum Gasteiger partial charge on any atom is -0.497 e. The lowest BCUT2D eigenvalue weighted by Crippen LogP contribution is -2.23. The Morgan fingerprint density at radius 1 is 1.39 bits per heavy atom. The Bertz CT molecular complexity index is 426. The zero-order valence-corrected chi connectivity index (χ0v) is 10.5. The number of methoxy groups -OCH3 is 1. The van der Waals surface area contributed by atoms with E-state index in [-0.39, 0.29) is 5.92 Å². The van der Waals surface area contributed by atoms with Crippen LogP contribution in [-0.2, 0) is 0 Å². The van der Waals surface area contributed by atoms with Crippen LogP contribution in [-0.4, -0.2) is 19.8 Å². The molecule has 3 nitrogen and oxygen atoms in total. The number of alkyl halides is 1. The lowest BCUT2D eigenvalue weighted by Gasteiger charge is -2.19. The van der Waals surface area contributed by atoms with E-state index in [9.17, 15) is 9.65 Å². The van der Waals surface area contributed by atoms with E-state index in [0.29, 0.717) is 19.4 Å². The van der Waals surface area contributed by atoms with Gasteiger partial charge in [0.1, 0.15) is 11.9 Å². The van der Waals surface area contributed by atoms with E-state index < -0.39 is 6.17 Å². The first-order chi connectivity index (χ1) is 8.72. The summed E-state index contributed by atoms with van der Waals surface area (Å²) in [6.07, 6.45) is 3.56. The van der Waals surface area contributed by atoms with E-state index in [0.717, 1.165) is 17.9 Å². The maximum Gasteiger partial charge on any atom is 0.184 e. The first-order valence-electron chi connectivity index (χ1n) is 6.18. The molecule has 1 saturated carbocycles. The van der Waals surface area contributed by atoms with Crippen LogP contribution < -0.4 is 9.64 Å². The first kappa shape index (κ1) is 12.7. The van der Waals surface area contributed by atoms with Crippen molar-refractivity contribution < 1.29 is 9.13 Å². The van der Waals surface area contributed by atoms with Crippen LogP contribution in [0.15, 0.2) is 24.3 Å². The average molecular weight is 248 g/mol. The van der Waals surface area contributed by atoms with Gasteiger partial charge in [-0.15, -0.1) is 0 Å². The molecule has 1 aromatic rings. The minimum atomic E-state index is -0.689. The summed E-state index contributed by atoms with van der Waals surface area (Å²) >= 11 is 0. The Balaban J connectivity index is 2.01. The van der Waals surface area contributed by atoms with E-state index in [2.05, 4.69) is 6.19 Å². The molecule has 96 valence electrons. The second-order valence-electron chi connectivity index (χ2n) is 4.68. The van der Waals surface area contributed by atoms with Crippen molar-refractivity contribution in [3.05, 3.63) is 24.3 Å². The fraction of sp³-hybridized carbons (Fsp3) is 0.500. The lowest BCUT2D eigenvalue weighted by atomic mass is 10.1. The van der Waals surface area contributed by atoms with Gasteiger partial charge in [-0.1, -0.05) is 0 Å². The van der Waals surface area contributed by atoms with Crippen molar-refractivity contribution in [2.45, 2.75) is 25.4 Å². The maximum absolute atomic E-state index is 13.1. The van der Waals surface area contributed by atoms with Crippen LogP contribution in [0.25, 0.3) is 0 Å². The summed E-state index contributed by atoms with van der Waals surface area (Å²) < 4.78 is 18.2. The molecule has 0 saturated heterocycles. The molecule has 0 amide bonds. The fourth-order valence-electron chi connectivity index (χ4n) is 2.40. The fourth-order valence-corrected chi connectivity index (χ4v) is 2.40. The molecule has 2 unspecified atom stereocenters. The number of rotatable bonds is 4. The molecule has 4 heteroatoms. The van der Waals surface area contributed by atoms with Gasteiger partial charge in [0.25, 0.3) is 0 Å². The topological polar surface area (TPSA) is 36.3 Å². The number of halogens is 1. The van der Waals surface area contributed by atoms with E-state index in [1.54, 1.807) is 12.0 Å². The Labute approximate surface area is 107 Å². The average Bonchev–Trinajstić information content (AvgIpc) is 2.82. The van der Waals surface area contributed by atoms with Crippen molar-refractivity contribution in [3.63, 3.8) is 0 Å². The van der Waals surface area contributed by atoms with Gasteiger partial charge >= 0.3 is 0 Å². The SMILES string of the molecule is COc1ccc(N(C#N)CC2CCC(F)C2)cc1. The molecule has 1 aliphatic rings. The number of hydrogen-bond donors (Lipinski definition) is 0. The Morgan fingerprint density at radius 3 is 2.61 bits per heavy atom. The molecular formula is C14H17FN2O. The molecule has 2 atom stereocenters. The Kier molecular flexibility index (Phi) is 4.03. The molecule has 18 heavy (non-hydrogen) atoms. The molecular weight excluding hydrogens is 231 g/mol. The molecule has 0 aliphatic heterocycles. The van der Waals surface area contributed by atoms with Crippen LogP contribution in [0.2, 0.25) is 0 Å². The van der Waals surface area contributed by atoms with Gasteiger partial charge in [-0.2, -0.15) is 5.26 Å². The Morgan fingerprint density at radius 2 is 2.11 bits per heavy atom. The highest BCUT2D eigenvalue weighted by atomic mass is 19.1. The first-order valence-corrected chi connectivity index (χ1v) is 6.18. The second-order valence-corrected chi connectivity index (χ2v) is 4.68. The molecule has 0 heterocycles. The summed E-state index contributed by atoms with van der Waals surface area (Å²) in [4.78, 5) is 1.63. The van der Waals surface area contributed by atoms with Crippen molar-refractivity contribution in [1.82, 2.24) is 0 Å². The normalized spacial score (nSPS) is 22.5. The summed E-state index contributed by atoms with van der Waals surface area (Å²) in [5.74, 6) is 1.04. The zero-order chi connectivity index (χ0) is 13.0. The third-order valence-electron chi connectivity index (χ3n) is 3.42. The van der Waals surface area contributed by atoms with Gasteiger partial charge in [0.05, 0.1) is 12.8 Å². The van der Waals surface area contributed by atoms with E-state index in [1.165, 1.54) is 0 Å². The summed E-state index contributed by atoms with van der Waals surface area (Å²) in [5, 5.41) is 9.18. The van der Waals surface area contributed by atoms with Crippen molar-refractivity contribution in [2.24, 2.45) is 5.92 Å². The van der Waals surface area contributed by atoms with E-state index in [1.807, 2.05) is 24.3 Å². The second kappa shape index (κ2) is 5.72. The summed E-state index contributed by atoms with van der Waals surface area (Å²) in [6, 6.07) is 7.35. The smallest absolute Gasteiger partial charge is 0.184 e. The van der Waals surface area contributed by atoms with Crippen LogP contribution in [0.3, 0.4) is 0 Å². The number of hydrogen-bond acceptors (Lipinski definition) is 3. The molecule has 0 bridgehead atoms. The predicted octanol–water partition coefficient (Wildman–Crippen LogP) is 3.12. The summed E-state index contributed by atoms with van der Waals surface area (Å²) in [6.45, 7) is 0.600. The highest BCUT2D eigenvalue weighted by Gasteiger charge is 2.26. The van der Waals surface area contributed by atoms with Crippen molar-refractivity contribution in [1.29, 1.82) is 5.26 Å². The van der Waals surface area contributed by atoms with Crippen molar-refractivity contribution >= 4 is 5.69 Å². The molecule has 2 rings (SSSR count). The van der Waals surface area contributed by atoms with Crippen LogP contribution in [0.5, 0.6) is 5.75 Å². The highest BCUT2D eigenvalue weighted by Crippen LogP contribution is 2.30. The third kappa shape index (κ3) is 2.92. The molecule has 0 N–H and O–H groups in total. The van der Waals surface area contributed by atoms with Crippen molar-refractivity contribution in [3.8, 4) is 11.9 Å². The highest BCUT2D eigenvalue weighted by molar-refractivity contribution is 5.52. The zero-order valence-electron chi connectivity index (χ0n) is 10.5. The van der Waals surface area contributed by atoms with Crippen LogP contribution in [0.4, 0.5) is 10.1 Å². The standard InChI is InChI=1S/C14H17FN2O/c1-18-14-6-4-13(5-7-14)17(10-16)9-11-2-3-12(15)8-11/h4-7,11-12H,2-3,8-9H2,1H3. The summed E-state index contributed by atoms with van der Waals surface area (Å²) in [7, 11) is 1.61. The van der Waals surface area contributed by atoms with Gasteiger partial charge < -0.3 is 4.74 Å². The van der Waals surface area contributed by atoms with Crippen molar-refractivity contribution in [2.75, 3.05) is 18.6 Å². The van der Waals surface area contributed by atoms with Gasteiger partial charge in [-0.3, -0.25) is 4.90 Å². The van der Waals surface area contributed by atoms with E-state index in [4.69, 9.17) is 4.74 Å². The quantitative estimate of drug-likeness (QED) is 0.606. The van der Waals surface area contributed by atoms with Crippen LogP contribution >= 0.6 is 0 Å². The van der Waals surface area contributed by atoms with Crippen LogP contribution in [0.1, 0.15) is 19.3 Å². The Hall–Kier alpha value is -1.76. The molecule has 0 aromatic heterocycles. The van der Waals surface area contributed by atoms with Gasteiger partial charge in [-0.05, 0) is 49.4 Å². The molecule has 1 fully saturated rings. The maximum atomic E-state index is 13.1. The van der Waals surface area contributed by atoms with Gasteiger partial charge in [0.2, 0.25) is 0 Å². The molecule has 0 radical (unpaired) electrons. The van der Waals surface area contributed by atoms with Gasteiger partial charge in [-0.25, -0.2) is 4.39 Å². The number of nitriles is 1. The molecule has 0 spiro atoms. The molecule has 1 aliphatic carbocycles. The predicted molar refractivity (Wildman–Crippen MR) is 68.2 cm³/mol. The third-order valence-corrected chi connectivity index (χ3v) is 3.42. The number of nitrogens with zero attached hydrogens (tertiary/aromatic N) is 2.